The van der Waals surface area contributed by atoms with E-state index in [4.69, 9.17) is 0 Å². The zero-order valence-electron chi connectivity index (χ0n) is 5.52. The third kappa shape index (κ3) is 2.05. The number of alkyl halides is 1. The van der Waals surface area contributed by atoms with Crippen molar-refractivity contribution in [2.45, 2.75) is 25.4 Å². The van der Waals surface area contributed by atoms with Crippen LogP contribution in [0.1, 0.15) is 19.8 Å². The van der Waals surface area contributed by atoms with Crippen LogP contribution in [0.4, 0.5) is 4.39 Å². The molecule has 0 bridgehead atoms. The lowest BCUT2D eigenvalue weighted by molar-refractivity contribution is 0.174. The van der Waals surface area contributed by atoms with Gasteiger partial charge in [0.05, 0.1) is 0 Å². The molecule has 0 atom stereocenters. The lowest BCUT2D eigenvalue weighted by atomic mass is 10.0. The zero-order chi connectivity index (χ0) is 6.91. The summed E-state index contributed by atoms with van der Waals surface area (Å²) in [5.74, 6) is 1.10. The SMILES string of the molecule is CC1(F)CCS(=O)CC1. The van der Waals surface area contributed by atoms with Gasteiger partial charge in [-0.25, -0.2) is 4.39 Å². The van der Waals surface area contributed by atoms with Gasteiger partial charge in [0, 0.05) is 22.3 Å². The van der Waals surface area contributed by atoms with Crippen molar-refractivity contribution in [1.82, 2.24) is 0 Å². The second-order valence-corrected chi connectivity index (χ2v) is 4.46. The van der Waals surface area contributed by atoms with Gasteiger partial charge in [-0.05, 0) is 19.8 Å². The normalized spacial score (nSPS) is 44.9. The highest BCUT2D eigenvalue weighted by Crippen LogP contribution is 2.24. The molecule has 0 saturated carbocycles. The Morgan fingerprint density at radius 2 is 1.89 bits per heavy atom. The van der Waals surface area contributed by atoms with Crippen LogP contribution in [0.3, 0.4) is 0 Å². The van der Waals surface area contributed by atoms with Crippen molar-refractivity contribution in [3.63, 3.8) is 0 Å². The molecule has 0 unspecified atom stereocenters. The molecule has 1 nitrogen and oxygen atoms in total. The summed E-state index contributed by atoms with van der Waals surface area (Å²) in [5.41, 5.74) is -1.03. The lowest BCUT2D eigenvalue weighted by Gasteiger charge is -2.23. The molecule has 0 amide bonds. The van der Waals surface area contributed by atoms with E-state index in [9.17, 15) is 8.60 Å². The van der Waals surface area contributed by atoms with E-state index in [1.54, 1.807) is 6.92 Å². The monoisotopic (exact) mass is 150 g/mol. The first-order valence-electron chi connectivity index (χ1n) is 3.14. The molecule has 1 aliphatic rings. The first-order valence-corrected chi connectivity index (χ1v) is 4.63. The maximum absolute atomic E-state index is 12.9. The highest BCUT2D eigenvalue weighted by atomic mass is 32.2. The topological polar surface area (TPSA) is 17.1 Å². The first-order chi connectivity index (χ1) is 4.10. The van der Waals surface area contributed by atoms with Gasteiger partial charge in [0.1, 0.15) is 5.67 Å². The second-order valence-electron chi connectivity index (χ2n) is 2.76. The van der Waals surface area contributed by atoms with Crippen molar-refractivity contribution in [3.8, 4) is 0 Å². The summed E-state index contributed by atoms with van der Waals surface area (Å²) < 4.78 is 23.6. The van der Waals surface area contributed by atoms with Crippen LogP contribution in [-0.2, 0) is 10.8 Å². The summed E-state index contributed by atoms with van der Waals surface area (Å²) in [4.78, 5) is 0. The van der Waals surface area contributed by atoms with Gasteiger partial charge in [0.25, 0.3) is 0 Å². The molecule has 1 heterocycles. The summed E-state index contributed by atoms with van der Waals surface area (Å²) in [6.07, 6.45) is 0.944. The Balaban J connectivity index is 2.44. The highest BCUT2D eigenvalue weighted by molar-refractivity contribution is 7.85. The van der Waals surface area contributed by atoms with E-state index < -0.39 is 16.5 Å². The van der Waals surface area contributed by atoms with E-state index in [1.165, 1.54) is 0 Å². The van der Waals surface area contributed by atoms with E-state index in [0.29, 0.717) is 24.3 Å². The number of hydrogen-bond acceptors (Lipinski definition) is 1. The van der Waals surface area contributed by atoms with Crippen LogP contribution in [0.2, 0.25) is 0 Å². The summed E-state index contributed by atoms with van der Waals surface area (Å²) in [5, 5.41) is 0. The van der Waals surface area contributed by atoms with Gasteiger partial charge in [0.15, 0.2) is 0 Å². The van der Waals surface area contributed by atoms with Crippen molar-refractivity contribution in [1.29, 1.82) is 0 Å². The summed E-state index contributed by atoms with van der Waals surface area (Å²) in [7, 11) is -0.727. The molecular weight excluding hydrogens is 139 g/mol. The van der Waals surface area contributed by atoms with Gasteiger partial charge in [-0.1, -0.05) is 0 Å². The zero-order valence-corrected chi connectivity index (χ0v) is 6.34. The Bertz CT molecular complexity index is 121. The maximum Gasteiger partial charge on any atom is 0.110 e. The van der Waals surface area contributed by atoms with Crippen LogP contribution in [0.25, 0.3) is 0 Å². The molecule has 0 aromatic carbocycles. The van der Waals surface area contributed by atoms with Gasteiger partial charge in [-0.3, -0.25) is 4.21 Å². The maximum atomic E-state index is 12.9. The van der Waals surface area contributed by atoms with Gasteiger partial charge in [0.2, 0.25) is 0 Å². The minimum Gasteiger partial charge on any atom is -0.260 e. The van der Waals surface area contributed by atoms with E-state index in [1.807, 2.05) is 0 Å². The number of halogens is 1. The van der Waals surface area contributed by atoms with Crippen LogP contribution < -0.4 is 0 Å². The molecule has 0 N–H and O–H groups in total. The first kappa shape index (κ1) is 7.19. The largest absolute Gasteiger partial charge is 0.260 e. The standard InChI is InChI=1S/C6H11FOS/c1-6(7)2-4-9(8)5-3-6/h2-5H2,1H3. The number of rotatable bonds is 0. The van der Waals surface area contributed by atoms with Crippen molar-refractivity contribution >= 4 is 10.8 Å². The predicted molar refractivity (Wildman–Crippen MR) is 36.6 cm³/mol. The molecule has 1 rings (SSSR count). The van der Waals surface area contributed by atoms with Gasteiger partial charge >= 0.3 is 0 Å². The quantitative estimate of drug-likeness (QED) is 0.508. The van der Waals surface area contributed by atoms with E-state index in [0.717, 1.165) is 0 Å². The van der Waals surface area contributed by atoms with Crippen molar-refractivity contribution in [3.05, 3.63) is 0 Å². The Kier molecular flexibility index (Phi) is 1.89. The van der Waals surface area contributed by atoms with Crippen LogP contribution >= 0.6 is 0 Å². The van der Waals surface area contributed by atoms with Crippen LogP contribution in [0, 0.1) is 0 Å². The summed E-state index contributed by atoms with van der Waals surface area (Å²) in [6, 6.07) is 0. The highest BCUT2D eigenvalue weighted by Gasteiger charge is 2.28. The van der Waals surface area contributed by atoms with Crippen molar-refractivity contribution < 1.29 is 8.60 Å². The number of hydrogen-bond donors (Lipinski definition) is 0. The van der Waals surface area contributed by atoms with Crippen LogP contribution in [0.5, 0.6) is 0 Å². The Labute approximate surface area is 57.1 Å². The van der Waals surface area contributed by atoms with Crippen LogP contribution in [0.15, 0.2) is 0 Å². The molecule has 54 valence electrons. The summed E-state index contributed by atoms with van der Waals surface area (Å²) >= 11 is 0. The van der Waals surface area contributed by atoms with Crippen LogP contribution in [-0.4, -0.2) is 21.4 Å². The van der Waals surface area contributed by atoms with E-state index in [2.05, 4.69) is 0 Å². The molecule has 1 aliphatic heterocycles. The third-order valence-electron chi connectivity index (χ3n) is 1.70. The second kappa shape index (κ2) is 2.37. The van der Waals surface area contributed by atoms with Gasteiger partial charge in [-0.2, -0.15) is 0 Å². The average Bonchev–Trinajstić information content (AvgIpc) is 1.78. The Morgan fingerprint density at radius 3 is 2.22 bits per heavy atom. The average molecular weight is 150 g/mol. The molecule has 0 aromatic rings. The minimum absolute atomic E-state index is 0.472. The smallest absolute Gasteiger partial charge is 0.110 e. The fourth-order valence-electron chi connectivity index (χ4n) is 0.880. The predicted octanol–water partition coefficient (Wildman–Crippen LogP) is 1.26. The third-order valence-corrected chi connectivity index (χ3v) is 3.02. The van der Waals surface area contributed by atoms with Crippen molar-refractivity contribution in [2.75, 3.05) is 11.5 Å². The molecule has 0 spiro atoms. The van der Waals surface area contributed by atoms with E-state index in [-0.39, 0.29) is 0 Å². The lowest BCUT2D eigenvalue weighted by Crippen LogP contribution is -2.29. The molecule has 9 heavy (non-hydrogen) atoms. The fourth-order valence-corrected chi connectivity index (χ4v) is 2.39. The Morgan fingerprint density at radius 1 is 1.44 bits per heavy atom. The molecule has 0 radical (unpaired) electrons. The van der Waals surface area contributed by atoms with Crippen molar-refractivity contribution in [2.24, 2.45) is 0 Å². The molecule has 3 heteroatoms. The summed E-state index contributed by atoms with van der Waals surface area (Å²) in [6.45, 7) is 1.59. The fraction of sp³-hybridized carbons (Fsp3) is 1.00. The molecule has 1 saturated heterocycles. The van der Waals surface area contributed by atoms with E-state index >= 15 is 0 Å². The molecule has 0 aliphatic carbocycles. The molecular formula is C6H11FOS. The molecule has 1 fully saturated rings. The molecule has 0 aromatic heterocycles. The Hall–Kier alpha value is 0.0800. The van der Waals surface area contributed by atoms with Gasteiger partial charge < -0.3 is 0 Å². The van der Waals surface area contributed by atoms with Gasteiger partial charge in [-0.15, -0.1) is 0 Å². The minimum atomic E-state index is -1.03.